The molecule has 30 heavy (non-hydrogen) atoms. The molecular formula is C25H35N3O2. The van der Waals surface area contributed by atoms with E-state index in [2.05, 4.69) is 34.3 Å². The van der Waals surface area contributed by atoms with Crippen molar-refractivity contribution < 1.29 is 9.90 Å². The van der Waals surface area contributed by atoms with Gasteiger partial charge in [-0.1, -0.05) is 36.4 Å². The first-order valence-corrected chi connectivity index (χ1v) is 10.8. The van der Waals surface area contributed by atoms with E-state index in [9.17, 15) is 9.90 Å². The lowest BCUT2D eigenvalue weighted by Crippen LogP contribution is -2.59. The fraction of sp³-hybridized carbons (Fsp3) is 0.480. The maximum absolute atomic E-state index is 13.3. The molecule has 0 heterocycles. The minimum atomic E-state index is -0.652. The maximum atomic E-state index is 13.3. The van der Waals surface area contributed by atoms with Gasteiger partial charge in [0.2, 0.25) is 5.91 Å². The van der Waals surface area contributed by atoms with Crippen molar-refractivity contribution in [1.82, 2.24) is 10.2 Å². The average molecular weight is 410 g/mol. The van der Waals surface area contributed by atoms with Crippen LogP contribution in [0.1, 0.15) is 32.3 Å². The van der Waals surface area contributed by atoms with Crippen LogP contribution in [-0.4, -0.2) is 49.3 Å². The fourth-order valence-electron chi connectivity index (χ4n) is 4.30. The summed E-state index contributed by atoms with van der Waals surface area (Å²) in [7, 11) is 4.10. The average Bonchev–Trinajstić information content (AvgIpc) is 3.52. The lowest BCUT2D eigenvalue weighted by molar-refractivity contribution is -0.132. The van der Waals surface area contributed by atoms with E-state index in [1.807, 2.05) is 51.2 Å². The number of amides is 1. The first-order valence-electron chi connectivity index (χ1n) is 10.8. The van der Waals surface area contributed by atoms with Gasteiger partial charge in [0, 0.05) is 31.9 Å². The monoisotopic (exact) mass is 409 g/mol. The number of benzene rings is 2. The van der Waals surface area contributed by atoms with Crippen molar-refractivity contribution >= 4 is 11.6 Å². The maximum Gasteiger partial charge on any atom is 0.229 e. The number of rotatable bonds is 10. The van der Waals surface area contributed by atoms with Crippen LogP contribution >= 0.6 is 0 Å². The molecule has 1 atom stereocenters. The van der Waals surface area contributed by atoms with Crippen molar-refractivity contribution in [2.24, 2.45) is 11.3 Å². The molecule has 2 aromatic rings. The number of phenolic OH excluding ortho intramolecular Hbond substituents is 1. The molecule has 3 rings (SSSR count). The summed E-state index contributed by atoms with van der Waals surface area (Å²) in [6.45, 7) is 5.60. The van der Waals surface area contributed by atoms with Crippen LogP contribution in [-0.2, 0) is 11.2 Å². The van der Waals surface area contributed by atoms with E-state index in [0.29, 0.717) is 12.5 Å². The lowest BCUT2D eigenvalue weighted by atomic mass is 9.85. The van der Waals surface area contributed by atoms with Crippen LogP contribution in [0.15, 0.2) is 54.6 Å². The predicted molar refractivity (Wildman–Crippen MR) is 123 cm³/mol. The Kier molecular flexibility index (Phi) is 7.03. The molecule has 1 aliphatic rings. The van der Waals surface area contributed by atoms with E-state index in [1.54, 1.807) is 12.1 Å². The number of anilines is 1. The van der Waals surface area contributed by atoms with Gasteiger partial charge in [0.05, 0.1) is 11.6 Å². The summed E-state index contributed by atoms with van der Waals surface area (Å²) in [5.74, 6) is 0.984. The Labute approximate surface area is 180 Å². The van der Waals surface area contributed by atoms with Crippen molar-refractivity contribution in [2.75, 3.05) is 32.1 Å². The number of aromatic hydroxyl groups is 1. The summed E-state index contributed by atoms with van der Waals surface area (Å²) in [6.07, 6.45) is 3.19. The van der Waals surface area contributed by atoms with Crippen LogP contribution in [0.3, 0.4) is 0 Å². The van der Waals surface area contributed by atoms with E-state index >= 15 is 0 Å². The number of nitrogens with one attached hydrogen (secondary N) is 1. The van der Waals surface area contributed by atoms with E-state index in [0.717, 1.165) is 18.7 Å². The van der Waals surface area contributed by atoms with Gasteiger partial charge in [0.1, 0.15) is 5.75 Å². The molecule has 0 aromatic heterocycles. The second-order valence-corrected chi connectivity index (χ2v) is 9.10. The highest BCUT2D eigenvalue weighted by atomic mass is 16.3. The molecule has 1 amide bonds. The van der Waals surface area contributed by atoms with Gasteiger partial charge in [-0.15, -0.1) is 0 Å². The number of hydrogen-bond acceptors (Lipinski definition) is 4. The molecule has 0 radical (unpaired) electrons. The van der Waals surface area contributed by atoms with Gasteiger partial charge in [0.15, 0.2) is 0 Å². The van der Waals surface area contributed by atoms with Gasteiger partial charge < -0.3 is 15.3 Å². The van der Waals surface area contributed by atoms with Gasteiger partial charge in [-0.25, -0.2) is 0 Å². The Bertz CT molecular complexity index is 833. The van der Waals surface area contributed by atoms with Gasteiger partial charge >= 0.3 is 0 Å². The van der Waals surface area contributed by atoms with Crippen LogP contribution in [0.25, 0.3) is 0 Å². The minimum absolute atomic E-state index is 0.0399. The zero-order valence-electron chi connectivity index (χ0n) is 18.6. The van der Waals surface area contributed by atoms with Crippen LogP contribution < -0.4 is 10.2 Å². The van der Waals surface area contributed by atoms with Gasteiger partial charge in [-0.3, -0.25) is 9.69 Å². The molecule has 1 unspecified atom stereocenters. The topological polar surface area (TPSA) is 55.8 Å². The molecule has 162 valence electrons. The molecule has 0 aliphatic heterocycles. The normalized spacial score (nSPS) is 15.1. The molecule has 0 spiro atoms. The molecule has 5 heteroatoms. The van der Waals surface area contributed by atoms with Gasteiger partial charge in [0.25, 0.3) is 0 Å². The highest BCUT2D eigenvalue weighted by molar-refractivity contribution is 5.83. The zero-order valence-corrected chi connectivity index (χ0v) is 18.6. The van der Waals surface area contributed by atoms with Crippen molar-refractivity contribution in [1.29, 1.82) is 0 Å². The third-order valence-electron chi connectivity index (χ3n) is 6.04. The number of carbonyl (C=O) groups is 1. The quantitative estimate of drug-likeness (QED) is 0.585. The Hall–Kier alpha value is -2.53. The van der Waals surface area contributed by atoms with Crippen molar-refractivity contribution in [3.8, 4) is 5.75 Å². The smallest absolute Gasteiger partial charge is 0.229 e. The second-order valence-electron chi connectivity index (χ2n) is 9.10. The van der Waals surface area contributed by atoms with E-state index in [-0.39, 0.29) is 17.8 Å². The van der Waals surface area contributed by atoms with Crippen LogP contribution in [0.5, 0.6) is 5.75 Å². The SMILES string of the molecule is CN(CC1CC1)C(N(C)c1cccc(O)c1)C(C)(C)C(=O)NCCc1ccccc1. The van der Waals surface area contributed by atoms with Gasteiger partial charge in [-0.05, 0) is 63.8 Å². The zero-order chi connectivity index (χ0) is 21.7. The second kappa shape index (κ2) is 9.52. The number of hydrogen-bond donors (Lipinski definition) is 2. The van der Waals surface area contributed by atoms with Crippen molar-refractivity contribution in [3.63, 3.8) is 0 Å². The number of nitrogens with zero attached hydrogens (tertiary/aromatic N) is 2. The van der Waals surface area contributed by atoms with Crippen LogP contribution in [0.2, 0.25) is 0 Å². The van der Waals surface area contributed by atoms with Crippen LogP contribution in [0.4, 0.5) is 5.69 Å². The number of phenols is 1. The van der Waals surface area contributed by atoms with Gasteiger partial charge in [-0.2, -0.15) is 0 Å². The first-order chi connectivity index (χ1) is 14.3. The molecule has 0 saturated heterocycles. The molecule has 1 saturated carbocycles. The van der Waals surface area contributed by atoms with Crippen molar-refractivity contribution in [2.45, 2.75) is 39.3 Å². The highest BCUT2D eigenvalue weighted by Crippen LogP contribution is 2.35. The number of carbonyl (C=O) groups excluding carboxylic acids is 1. The summed E-state index contributed by atoms with van der Waals surface area (Å²) in [5.41, 5.74) is 1.46. The third-order valence-corrected chi connectivity index (χ3v) is 6.04. The summed E-state index contributed by atoms with van der Waals surface area (Å²) in [4.78, 5) is 17.7. The minimum Gasteiger partial charge on any atom is -0.508 e. The highest BCUT2D eigenvalue weighted by Gasteiger charge is 2.43. The molecule has 2 N–H and O–H groups in total. The largest absolute Gasteiger partial charge is 0.508 e. The van der Waals surface area contributed by atoms with Crippen LogP contribution in [0, 0.1) is 11.3 Å². The summed E-state index contributed by atoms with van der Waals surface area (Å²) >= 11 is 0. The predicted octanol–water partition coefficient (Wildman–Crippen LogP) is 3.88. The molecule has 1 fully saturated rings. The summed E-state index contributed by atoms with van der Waals surface area (Å²) in [6, 6.07) is 17.4. The van der Waals surface area contributed by atoms with E-state index < -0.39 is 5.41 Å². The first kappa shape index (κ1) is 22.2. The Morgan fingerprint density at radius 3 is 2.47 bits per heavy atom. The lowest BCUT2D eigenvalue weighted by Gasteiger charge is -2.45. The Morgan fingerprint density at radius 2 is 1.83 bits per heavy atom. The third kappa shape index (κ3) is 5.54. The van der Waals surface area contributed by atoms with Crippen molar-refractivity contribution in [3.05, 3.63) is 60.2 Å². The summed E-state index contributed by atoms with van der Waals surface area (Å²) < 4.78 is 0. The molecule has 1 aliphatic carbocycles. The molecular weight excluding hydrogens is 374 g/mol. The van der Waals surface area contributed by atoms with E-state index in [4.69, 9.17) is 0 Å². The standard InChI is InChI=1S/C25H35N3O2/c1-25(2,23(30)26-16-15-19-9-6-5-7-10-19)24(27(3)18-20-13-14-20)28(4)21-11-8-12-22(29)17-21/h5-12,17,20,24,29H,13-16,18H2,1-4H3,(H,26,30). The molecule has 2 aromatic carbocycles. The van der Waals surface area contributed by atoms with E-state index in [1.165, 1.54) is 18.4 Å². The fourth-order valence-corrected chi connectivity index (χ4v) is 4.30. The summed E-state index contributed by atoms with van der Waals surface area (Å²) in [5, 5.41) is 13.1. The molecule has 0 bridgehead atoms. The molecule has 5 nitrogen and oxygen atoms in total. The Morgan fingerprint density at radius 1 is 1.13 bits per heavy atom. The Balaban J connectivity index is 1.74.